The summed E-state index contributed by atoms with van der Waals surface area (Å²) in [6.45, 7) is 2.55. The topological polar surface area (TPSA) is 72.7 Å². The molecule has 6 nitrogen and oxygen atoms in total. The molecule has 0 bridgehead atoms. The summed E-state index contributed by atoms with van der Waals surface area (Å²) in [4.78, 5) is 11.6. The molecule has 0 aromatic carbocycles. The highest BCUT2D eigenvalue weighted by Gasteiger charge is 2.12. The van der Waals surface area contributed by atoms with E-state index in [4.69, 9.17) is 0 Å². The molecule has 1 atom stereocenters. The van der Waals surface area contributed by atoms with Crippen molar-refractivity contribution in [2.24, 2.45) is 0 Å². The molecule has 84 valence electrons. The second-order valence-electron chi connectivity index (χ2n) is 3.40. The zero-order valence-electron chi connectivity index (χ0n) is 8.70. The molecule has 0 saturated carbocycles. The number of rotatable bonds is 4. The van der Waals surface area contributed by atoms with Crippen molar-refractivity contribution in [1.82, 2.24) is 23.8 Å². The fraction of sp³-hybridized carbons (Fsp3) is 0.333. The molecular formula is C9H11N5OS. The number of carbonyl (C=O) groups excluding carboxylic acids is 1. The first-order valence-electron chi connectivity index (χ1n) is 4.81. The molecule has 2 rings (SSSR count). The number of nitrogens with one attached hydrogen (secondary N) is 1. The third kappa shape index (κ3) is 2.63. The summed E-state index contributed by atoms with van der Waals surface area (Å²) in [7, 11) is 0. The highest BCUT2D eigenvalue weighted by atomic mass is 32.1. The van der Waals surface area contributed by atoms with E-state index in [-0.39, 0.29) is 11.9 Å². The molecule has 0 aliphatic rings. The summed E-state index contributed by atoms with van der Waals surface area (Å²) in [6, 6.07) is 1.84. The van der Waals surface area contributed by atoms with Gasteiger partial charge in [-0.05, 0) is 13.0 Å². The molecule has 1 N–H and O–H groups in total. The minimum absolute atomic E-state index is 0.00546. The Morgan fingerprint density at radius 2 is 2.56 bits per heavy atom. The second kappa shape index (κ2) is 4.84. The van der Waals surface area contributed by atoms with E-state index in [9.17, 15) is 4.79 Å². The maximum Gasteiger partial charge on any atom is 0.272 e. The van der Waals surface area contributed by atoms with E-state index in [0.29, 0.717) is 12.2 Å². The van der Waals surface area contributed by atoms with Gasteiger partial charge in [0, 0.05) is 18.4 Å². The molecule has 0 radical (unpaired) electrons. The van der Waals surface area contributed by atoms with Gasteiger partial charge >= 0.3 is 0 Å². The van der Waals surface area contributed by atoms with E-state index in [0.717, 1.165) is 11.7 Å². The lowest BCUT2D eigenvalue weighted by Gasteiger charge is -2.12. The van der Waals surface area contributed by atoms with Gasteiger partial charge < -0.3 is 5.32 Å². The summed E-state index contributed by atoms with van der Waals surface area (Å²) in [5.41, 5.74) is 0.359. The van der Waals surface area contributed by atoms with Crippen molar-refractivity contribution >= 4 is 17.6 Å². The summed E-state index contributed by atoms with van der Waals surface area (Å²) < 4.78 is 9.41. The molecule has 1 amide bonds. The smallest absolute Gasteiger partial charge is 0.272 e. The van der Waals surface area contributed by atoms with Gasteiger partial charge in [0.15, 0.2) is 5.69 Å². The molecule has 2 heterocycles. The predicted molar refractivity (Wildman–Crippen MR) is 59.1 cm³/mol. The Balaban J connectivity index is 1.88. The van der Waals surface area contributed by atoms with E-state index in [1.54, 1.807) is 10.9 Å². The summed E-state index contributed by atoms with van der Waals surface area (Å²) >= 11 is 1.02. The fourth-order valence-electron chi connectivity index (χ4n) is 1.30. The molecular weight excluding hydrogens is 226 g/mol. The monoisotopic (exact) mass is 237 g/mol. The molecule has 2 aromatic heterocycles. The van der Waals surface area contributed by atoms with E-state index in [2.05, 4.69) is 19.2 Å². The normalized spacial score (nSPS) is 12.3. The van der Waals surface area contributed by atoms with Crippen molar-refractivity contribution in [1.29, 1.82) is 0 Å². The number of amides is 1. The van der Waals surface area contributed by atoms with Crippen molar-refractivity contribution in [3.8, 4) is 0 Å². The summed E-state index contributed by atoms with van der Waals surface area (Å²) in [6.07, 6.45) is 5.02. The molecule has 0 saturated heterocycles. The number of aromatic nitrogens is 4. The second-order valence-corrected chi connectivity index (χ2v) is 3.95. The zero-order chi connectivity index (χ0) is 11.4. The van der Waals surface area contributed by atoms with Crippen molar-refractivity contribution in [3.63, 3.8) is 0 Å². The van der Waals surface area contributed by atoms with Gasteiger partial charge in [0.25, 0.3) is 5.91 Å². The Kier molecular flexibility index (Phi) is 3.25. The summed E-state index contributed by atoms with van der Waals surface area (Å²) in [5, 5.41) is 6.89. The van der Waals surface area contributed by atoms with Gasteiger partial charge in [0.05, 0.1) is 24.5 Å². The van der Waals surface area contributed by atoms with Crippen LogP contribution in [0.15, 0.2) is 24.7 Å². The van der Waals surface area contributed by atoms with Gasteiger partial charge in [-0.25, -0.2) is 0 Å². The van der Waals surface area contributed by atoms with Crippen LogP contribution in [0.1, 0.15) is 17.4 Å². The van der Waals surface area contributed by atoms with E-state index < -0.39 is 0 Å². The van der Waals surface area contributed by atoms with Crippen LogP contribution in [0.5, 0.6) is 0 Å². The predicted octanol–water partition coefficient (Wildman–Crippen LogP) is 0.553. The molecule has 0 aliphatic heterocycles. The molecule has 7 heteroatoms. The van der Waals surface area contributed by atoms with Crippen LogP contribution >= 0.6 is 11.7 Å². The fourth-order valence-corrected chi connectivity index (χ4v) is 1.71. The lowest BCUT2D eigenvalue weighted by Crippen LogP contribution is -2.35. The standard InChI is InChI=1S/C9H11N5OS/c1-7(6-14-4-2-3-10-14)12-9(15)8-5-11-16-13-8/h2-5,7H,6H2,1H3,(H,12,15)/t7-/m0/s1. The molecule has 16 heavy (non-hydrogen) atoms. The molecule has 0 spiro atoms. The summed E-state index contributed by atoms with van der Waals surface area (Å²) in [5.74, 6) is -0.201. The van der Waals surface area contributed by atoms with E-state index >= 15 is 0 Å². The maximum atomic E-state index is 11.6. The number of nitrogens with zero attached hydrogens (tertiary/aromatic N) is 4. The third-order valence-corrected chi connectivity index (χ3v) is 2.47. The van der Waals surface area contributed by atoms with Crippen LogP contribution in [0, 0.1) is 0 Å². The first-order chi connectivity index (χ1) is 7.75. The van der Waals surface area contributed by atoms with Crippen molar-refractivity contribution < 1.29 is 4.79 Å². The number of hydrogen-bond donors (Lipinski definition) is 1. The van der Waals surface area contributed by atoms with Gasteiger partial charge in [-0.2, -0.15) is 13.8 Å². The molecule has 0 aliphatic carbocycles. The third-order valence-electron chi connectivity index (χ3n) is 1.99. The highest BCUT2D eigenvalue weighted by Crippen LogP contribution is 1.97. The molecule has 0 unspecified atom stereocenters. The molecule has 2 aromatic rings. The lowest BCUT2D eigenvalue weighted by atomic mass is 10.3. The van der Waals surface area contributed by atoms with Crippen LogP contribution in [0.2, 0.25) is 0 Å². The highest BCUT2D eigenvalue weighted by molar-refractivity contribution is 6.99. The average Bonchev–Trinajstić information content (AvgIpc) is 2.88. The number of carbonyl (C=O) groups is 1. The van der Waals surface area contributed by atoms with Gasteiger partial charge in [-0.3, -0.25) is 9.48 Å². The van der Waals surface area contributed by atoms with E-state index in [1.807, 2.05) is 19.2 Å². The average molecular weight is 237 g/mol. The largest absolute Gasteiger partial charge is 0.346 e. The van der Waals surface area contributed by atoms with Crippen LogP contribution in [-0.2, 0) is 6.54 Å². The number of hydrogen-bond acceptors (Lipinski definition) is 5. The van der Waals surface area contributed by atoms with Crippen LogP contribution in [0.3, 0.4) is 0 Å². The van der Waals surface area contributed by atoms with Crippen LogP contribution < -0.4 is 5.32 Å². The quantitative estimate of drug-likeness (QED) is 0.843. The van der Waals surface area contributed by atoms with Gasteiger partial charge in [-0.1, -0.05) is 0 Å². The van der Waals surface area contributed by atoms with Crippen LogP contribution in [-0.4, -0.2) is 30.5 Å². The van der Waals surface area contributed by atoms with Gasteiger partial charge in [-0.15, -0.1) is 0 Å². The zero-order valence-corrected chi connectivity index (χ0v) is 9.52. The minimum atomic E-state index is -0.201. The van der Waals surface area contributed by atoms with Crippen molar-refractivity contribution in [3.05, 3.63) is 30.4 Å². The Morgan fingerprint density at radius 3 is 3.19 bits per heavy atom. The van der Waals surface area contributed by atoms with Gasteiger partial charge in [0.1, 0.15) is 0 Å². The Morgan fingerprint density at radius 1 is 1.69 bits per heavy atom. The van der Waals surface area contributed by atoms with Crippen LogP contribution in [0.25, 0.3) is 0 Å². The minimum Gasteiger partial charge on any atom is -0.346 e. The van der Waals surface area contributed by atoms with Crippen LogP contribution in [0.4, 0.5) is 0 Å². The van der Waals surface area contributed by atoms with Gasteiger partial charge in [0.2, 0.25) is 0 Å². The SMILES string of the molecule is C[C@@H](Cn1cccn1)NC(=O)c1cnsn1. The van der Waals surface area contributed by atoms with Crippen molar-refractivity contribution in [2.75, 3.05) is 0 Å². The Hall–Kier alpha value is -1.76. The first-order valence-corrected chi connectivity index (χ1v) is 5.54. The first kappa shape index (κ1) is 10.7. The van der Waals surface area contributed by atoms with Crippen molar-refractivity contribution in [2.45, 2.75) is 19.5 Å². The Labute approximate surface area is 96.6 Å². The Bertz CT molecular complexity index is 438. The van der Waals surface area contributed by atoms with E-state index in [1.165, 1.54) is 6.20 Å². The molecule has 0 fully saturated rings. The lowest BCUT2D eigenvalue weighted by molar-refractivity contribution is 0.0932. The maximum absolute atomic E-state index is 11.6.